The molecule has 0 unspecified atom stereocenters. The van der Waals surface area contributed by atoms with Gasteiger partial charge in [0.2, 0.25) is 0 Å². The van der Waals surface area contributed by atoms with Crippen molar-refractivity contribution in [1.82, 2.24) is 5.32 Å². The van der Waals surface area contributed by atoms with Gasteiger partial charge in [-0.15, -0.1) is 0 Å². The van der Waals surface area contributed by atoms with E-state index in [4.69, 9.17) is 15.2 Å². The van der Waals surface area contributed by atoms with Crippen molar-refractivity contribution in [3.8, 4) is 5.75 Å². The van der Waals surface area contributed by atoms with E-state index in [1.807, 2.05) is 35.6 Å². The molecular formula is C20H22N2O5. The molecule has 7 nitrogen and oxygen atoms in total. The lowest BCUT2D eigenvalue weighted by Crippen LogP contribution is -2.45. The van der Waals surface area contributed by atoms with E-state index in [0.717, 1.165) is 5.56 Å². The van der Waals surface area contributed by atoms with Crippen LogP contribution in [-0.4, -0.2) is 24.0 Å². The number of carbonyl (C=O) groups excluding carboxylic acids is 3. The molecule has 0 spiro atoms. The van der Waals surface area contributed by atoms with Gasteiger partial charge in [-0.2, -0.15) is 0 Å². The normalized spacial score (nSPS) is 11.5. The molecule has 0 bridgehead atoms. The fourth-order valence-electron chi connectivity index (χ4n) is 2.32. The second-order valence-electron chi connectivity index (χ2n) is 6.23. The molecule has 0 aromatic heterocycles. The molecule has 3 amide bonds. The lowest BCUT2D eigenvalue weighted by atomic mass is 10.1. The number of amides is 3. The van der Waals surface area contributed by atoms with E-state index in [0.29, 0.717) is 12.4 Å². The first-order valence-corrected chi connectivity index (χ1v) is 8.45. The van der Waals surface area contributed by atoms with Gasteiger partial charge in [-0.05, 0) is 29.7 Å². The summed E-state index contributed by atoms with van der Waals surface area (Å²) in [6.07, 6.45) is -1.14. The number of urea groups is 1. The number of benzene rings is 2. The number of rotatable bonds is 7. The Morgan fingerprint density at radius 2 is 1.74 bits per heavy atom. The molecule has 3 N–H and O–H groups in total. The minimum absolute atomic E-state index is 0.234. The van der Waals surface area contributed by atoms with Crippen molar-refractivity contribution in [3.05, 3.63) is 65.7 Å². The van der Waals surface area contributed by atoms with Crippen LogP contribution in [0.5, 0.6) is 5.75 Å². The maximum Gasteiger partial charge on any atom is 0.339 e. The molecule has 0 aliphatic heterocycles. The number of nitrogens with one attached hydrogen (secondary N) is 1. The summed E-state index contributed by atoms with van der Waals surface area (Å²) in [6, 6.07) is 15.1. The highest BCUT2D eigenvalue weighted by Crippen LogP contribution is 2.18. The van der Waals surface area contributed by atoms with Gasteiger partial charge in [-0.25, -0.2) is 9.59 Å². The number of imide groups is 1. The number of nitrogens with two attached hydrogens (primary N) is 1. The van der Waals surface area contributed by atoms with E-state index in [1.54, 1.807) is 32.0 Å². The lowest BCUT2D eigenvalue weighted by Gasteiger charge is -2.20. The number of carbonyl (C=O) groups is 3. The van der Waals surface area contributed by atoms with Crippen molar-refractivity contribution in [2.24, 2.45) is 11.7 Å². The molecule has 0 fully saturated rings. The highest BCUT2D eigenvalue weighted by Gasteiger charge is 2.28. The summed E-state index contributed by atoms with van der Waals surface area (Å²) in [6.45, 7) is 3.74. The third-order valence-corrected chi connectivity index (χ3v) is 3.66. The average Bonchev–Trinajstić information content (AvgIpc) is 2.64. The van der Waals surface area contributed by atoms with Crippen LogP contribution in [-0.2, 0) is 16.1 Å². The van der Waals surface area contributed by atoms with E-state index in [9.17, 15) is 14.4 Å². The molecule has 0 radical (unpaired) electrons. The van der Waals surface area contributed by atoms with Crippen LogP contribution in [0.4, 0.5) is 4.79 Å². The van der Waals surface area contributed by atoms with Gasteiger partial charge in [0.1, 0.15) is 12.4 Å². The van der Waals surface area contributed by atoms with Crippen LogP contribution in [0.3, 0.4) is 0 Å². The first-order valence-electron chi connectivity index (χ1n) is 8.45. The zero-order chi connectivity index (χ0) is 19.8. The van der Waals surface area contributed by atoms with Crippen LogP contribution in [0.2, 0.25) is 0 Å². The van der Waals surface area contributed by atoms with E-state index < -0.39 is 24.0 Å². The zero-order valence-electron chi connectivity index (χ0n) is 15.2. The van der Waals surface area contributed by atoms with E-state index in [2.05, 4.69) is 0 Å². The SMILES string of the molecule is CC(C)[C@@H](OC(=O)c1cccc(OCc2ccccc2)c1)C(=O)NC(N)=O. The Morgan fingerprint density at radius 1 is 1.04 bits per heavy atom. The van der Waals surface area contributed by atoms with Gasteiger partial charge in [0.25, 0.3) is 5.91 Å². The summed E-state index contributed by atoms with van der Waals surface area (Å²) in [5.74, 6) is -1.30. The van der Waals surface area contributed by atoms with Crippen LogP contribution in [0, 0.1) is 5.92 Å². The third-order valence-electron chi connectivity index (χ3n) is 3.66. The Bertz CT molecular complexity index is 805. The smallest absolute Gasteiger partial charge is 0.339 e. The Kier molecular flexibility index (Phi) is 6.93. The fourth-order valence-corrected chi connectivity index (χ4v) is 2.32. The fraction of sp³-hybridized carbons (Fsp3) is 0.250. The lowest BCUT2D eigenvalue weighted by molar-refractivity contribution is -0.130. The van der Waals surface area contributed by atoms with Crippen LogP contribution < -0.4 is 15.8 Å². The van der Waals surface area contributed by atoms with E-state index in [1.165, 1.54) is 6.07 Å². The molecule has 0 aliphatic rings. The molecule has 2 rings (SSSR count). The number of hydrogen-bond donors (Lipinski definition) is 2. The summed E-state index contributed by atoms with van der Waals surface area (Å²) >= 11 is 0. The molecule has 0 saturated heterocycles. The Balaban J connectivity index is 2.04. The molecule has 0 saturated carbocycles. The van der Waals surface area contributed by atoms with Gasteiger partial charge in [0, 0.05) is 0 Å². The topological polar surface area (TPSA) is 108 Å². The number of ether oxygens (including phenoxy) is 2. The summed E-state index contributed by atoms with van der Waals surface area (Å²) in [4.78, 5) is 35.2. The minimum Gasteiger partial charge on any atom is -0.489 e. The van der Waals surface area contributed by atoms with Gasteiger partial charge >= 0.3 is 12.0 Å². The largest absolute Gasteiger partial charge is 0.489 e. The van der Waals surface area contributed by atoms with Crippen LogP contribution in [0.25, 0.3) is 0 Å². The molecule has 0 heterocycles. The van der Waals surface area contributed by atoms with Gasteiger partial charge in [0.05, 0.1) is 5.56 Å². The Labute approximate surface area is 157 Å². The minimum atomic E-state index is -1.14. The van der Waals surface area contributed by atoms with Crippen LogP contribution in [0.1, 0.15) is 29.8 Å². The predicted octanol–water partition coefficient (Wildman–Crippen LogP) is 2.64. The van der Waals surface area contributed by atoms with Crippen LogP contribution >= 0.6 is 0 Å². The molecule has 27 heavy (non-hydrogen) atoms. The van der Waals surface area contributed by atoms with Gasteiger partial charge in [-0.1, -0.05) is 50.2 Å². The predicted molar refractivity (Wildman–Crippen MR) is 99.0 cm³/mol. The van der Waals surface area contributed by atoms with Crippen molar-refractivity contribution in [3.63, 3.8) is 0 Å². The highest BCUT2D eigenvalue weighted by atomic mass is 16.5. The van der Waals surface area contributed by atoms with E-state index >= 15 is 0 Å². The van der Waals surface area contributed by atoms with Crippen LogP contribution in [0.15, 0.2) is 54.6 Å². The number of esters is 1. The maximum absolute atomic E-state index is 12.4. The number of hydrogen-bond acceptors (Lipinski definition) is 5. The molecule has 2 aromatic rings. The third kappa shape index (κ3) is 6.14. The second kappa shape index (κ2) is 9.38. The van der Waals surface area contributed by atoms with Crippen molar-refractivity contribution in [2.75, 3.05) is 0 Å². The Morgan fingerprint density at radius 3 is 2.37 bits per heavy atom. The highest BCUT2D eigenvalue weighted by molar-refractivity contribution is 5.98. The maximum atomic E-state index is 12.4. The summed E-state index contributed by atoms with van der Waals surface area (Å²) in [5.41, 5.74) is 6.17. The first kappa shape index (κ1) is 20.0. The molecule has 1 atom stereocenters. The van der Waals surface area contributed by atoms with Crippen molar-refractivity contribution in [1.29, 1.82) is 0 Å². The average molecular weight is 370 g/mol. The van der Waals surface area contributed by atoms with Gasteiger partial charge in [-0.3, -0.25) is 10.1 Å². The monoisotopic (exact) mass is 370 g/mol. The van der Waals surface area contributed by atoms with Crippen molar-refractivity contribution < 1.29 is 23.9 Å². The van der Waals surface area contributed by atoms with Crippen molar-refractivity contribution >= 4 is 17.9 Å². The summed E-state index contributed by atoms with van der Waals surface area (Å²) in [5, 5.41) is 1.93. The number of primary amides is 1. The molecule has 142 valence electrons. The molecule has 7 heteroatoms. The Hall–Kier alpha value is -3.35. The quantitative estimate of drug-likeness (QED) is 0.729. The van der Waals surface area contributed by atoms with Gasteiger partial charge < -0.3 is 15.2 Å². The van der Waals surface area contributed by atoms with E-state index in [-0.39, 0.29) is 11.5 Å². The summed E-state index contributed by atoms with van der Waals surface area (Å²) < 4.78 is 11.0. The zero-order valence-corrected chi connectivity index (χ0v) is 15.2. The summed E-state index contributed by atoms with van der Waals surface area (Å²) in [7, 11) is 0. The molecular weight excluding hydrogens is 348 g/mol. The first-order chi connectivity index (χ1) is 12.9. The van der Waals surface area contributed by atoms with Gasteiger partial charge in [0.15, 0.2) is 6.10 Å². The standard InChI is InChI=1S/C20H22N2O5/c1-13(2)17(18(23)22-20(21)25)27-19(24)15-9-6-10-16(11-15)26-12-14-7-4-3-5-8-14/h3-11,13,17H,12H2,1-2H3,(H3,21,22,23,25)/t17-/m1/s1. The molecule has 0 aliphatic carbocycles. The van der Waals surface area contributed by atoms with Crippen molar-refractivity contribution in [2.45, 2.75) is 26.6 Å². The second-order valence-corrected chi connectivity index (χ2v) is 6.23. The molecule has 2 aromatic carbocycles.